The van der Waals surface area contributed by atoms with Gasteiger partial charge in [-0.1, -0.05) is 35.7 Å². The van der Waals surface area contributed by atoms with Crippen molar-refractivity contribution in [2.75, 3.05) is 6.61 Å². The summed E-state index contributed by atoms with van der Waals surface area (Å²) in [5.74, 6) is 2.62. The SMILES string of the molecule is CC1CCCC(C(N)Cc2cc(Br)cc3c2OCC3)C1. The normalized spacial score (nSPS) is 26.9. The van der Waals surface area contributed by atoms with E-state index >= 15 is 0 Å². The summed E-state index contributed by atoms with van der Waals surface area (Å²) in [4.78, 5) is 0. The molecule has 2 aliphatic rings. The van der Waals surface area contributed by atoms with Crippen molar-refractivity contribution in [2.24, 2.45) is 17.6 Å². The molecule has 2 N–H and O–H groups in total. The van der Waals surface area contributed by atoms with Crippen LogP contribution in [0, 0.1) is 11.8 Å². The van der Waals surface area contributed by atoms with Gasteiger partial charge in [0.2, 0.25) is 0 Å². The lowest BCUT2D eigenvalue weighted by molar-refractivity contribution is 0.244. The molecular weight excluding hydrogens is 314 g/mol. The molecule has 3 unspecified atom stereocenters. The average molecular weight is 338 g/mol. The Balaban J connectivity index is 1.74. The Morgan fingerprint density at radius 2 is 2.25 bits per heavy atom. The summed E-state index contributed by atoms with van der Waals surface area (Å²) < 4.78 is 6.97. The van der Waals surface area contributed by atoms with E-state index in [9.17, 15) is 0 Å². The van der Waals surface area contributed by atoms with Crippen molar-refractivity contribution in [3.63, 3.8) is 0 Å². The molecule has 3 heteroatoms. The van der Waals surface area contributed by atoms with Gasteiger partial charge in [0, 0.05) is 16.9 Å². The third kappa shape index (κ3) is 3.04. The van der Waals surface area contributed by atoms with Gasteiger partial charge in [0.15, 0.2) is 0 Å². The van der Waals surface area contributed by atoms with Gasteiger partial charge in [-0.25, -0.2) is 0 Å². The van der Waals surface area contributed by atoms with Crippen LogP contribution in [-0.4, -0.2) is 12.6 Å². The van der Waals surface area contributed by atoms with E-state index in [1.807, 2.05) is 0 Å². The van der Waals surface area contributed by atoms with E-state index in [-0.39, 0.29) is 6.04 Å². The van der Waals surface area contributed by atoms with Gasteiger partial charge in [-0.3, -0.25) is 0 Å². The molecule has 0 spiro atoms. The van der Waals surface area contributed by atoms with E-state index in [2.05, 4.69) is 35.0 Å². The number of rotatable bonds is 3. The summed E-state index contributed by atoms with van der Waals surface area (Å²) in [7, 11) is 0. The van der Waals surface area contributed by atoms with E-state index in [4.69, 9.17) is 10.5 Å². The van der Waals surface area contributed by atoms with Crippen molar-refractivity contribution >= 4 is 15.9 Å². The molecule has 0 bridgehead atoms. The van der Waals surface area contributed by atoms with Crippen LogP contribution in [0.5, 0.6) is 5.75 Å². The molecule has 1 saturated carbocycles. The molecule has 0 radical (unpaired) electrons. The summed E-state index contributed by atoms with van der Waals surface area (Å²) in [6.45, 7) is 3.17. The van der Waals surface area contributed by atoms with Gasteiger partial charge in [-0.2, -0.15) is 0 Å². The molecule has 2 nitrogen and oxygen atoms in total. The zero-order valence-corrected chi connectivity index (χ0v) is 13.8. The number of ether oxygens (including phenoxy) is 1. The Bertz CT molecular complexity index is 488. The molecule has 3 atom stereocenters. The highest BCUT2D eigenvalue weighted by atomic mass is 79.9. The fraction of sp³-hybridized carbons (Fsp3) is 0.647. The van der Waals surface area contributed by atoms with Crippen molar-refractivity contribution in [2.45, 2.75) is 51.5 Å². The second-order valence-corrected chi connectivity index (χ2v) is 7.47. The van der Waals surface area contributed by atoms with Crippen molar-refractivity contribution in [3.05, 3.63) is 27.7 Å². The molecule has 1 aliphatic heterocycles. The van der Waals surface area contributed by atoms with Crippen LogP contribution in [0.1, 0.15) is 43.7 Å². The predicted molar refractivity (Wildman–Crippen MR) is 86.1 cm³/mol. The highest BCUT2D eigenvalue weighted by Gasteiger charge is 2.26. The van der Waals surface area contributed by atoms with Gasteiger partial charge in [0.25, 0.3) is 0 Å². The lowest BCUT2D eigenvalue weighted by Crippen LogP contribution is -2.35. The van der Waals surface area contributed by atoms with Crippen molar-refractivity contribution in [1.82, 2.24) is 0 Å². The maximum absolute atomic E-state index is 6.52. The van der Waals surface area contributed by atoms with Crippen LogP contribution in [0.3, 0.4) is 0 Å². The summed E-state index contributed by atoms with van der Waals surface area (Å²) in [5.41, 5.74) is 9.14. The minimum Gasteiger partial charge on any atom is -0.493 e. The number of fused-ring (bicyclic) bond motifs is 1. The van der Waals surface area contributed by atoms with Gasteiger partial charge in [0.1, 0.15) is 5.75 Å². The Labute approximate surface area is 130 Å². The van der Waals surface area contributed by atoms with Crippen molar-refractivity contribution in [3.8, 4) is 5.75 Å². The lowest BCUT2D eigenvalue weighted by Gasteiger charge is -2.31. The summed E-state index contributed by atoms with van der Waals surface area (Å²) >= 11 is 3.61. The minimum absolute atomic E-state index is 0.264. The number of nitrogens with two attached hydrogens (primary N) is 1. The topological polar surface area (TPSA) is 35.2 Å². The molecule has 1 aromatic carbocycles. The molecule has 3 rings (SSSR count). The van der Waals surface area contributed by atoms with Gasteiger partial charge >= 0.3 is 0 Å². The lowest BCUT2D eigenvalue weighted by atomic mass is 9.77. The highest BCUT2D eigenvalue weighted by molar-refractivity contribution is 9.10. The van der Waals surface area contributed by atoms with Crippen LogP contribution >= 0.6 is 15.9 Å². The van der Waals surface area contributed by atoms with Crippen molar-refractivity contribution < 1.29 is 4.74 Å². The van der Waals surface area contributed by atoms with Crippen LogP contribution in [-0.2, 0) is 12.8 Å². The first-order chi connectivity index (χ1) is 9.63. The fourth-order valence-corrected chi connectivity index (χ4v) is 4.34. The van der Waals surface area contributed by atoms with Crippen molar-refractivity contribution in [1.29, 1.82) is 0 Å². The summed E-state index contributed by atoms with van der Waals surface area (Å²) in [6.07, 6.45) is 7.27. The molecule has 1 heterocycles. The third-order valence-corrected chi connectivity index (χ3v) is 5.32. The van der Waals surface area contributed by atoms with Crippen LogP contribution in [0.25, 0.3) is 0 Å². The number of halogens is 1. The average Bonchev–Trinajstić information content (AvgIpc) is 2.86. The van der Waals surface area contributed by atoms with Gasteiger partial charge in [-0.05, 0) is 54.4 Å². The number of benzene rings is 1. The van der Waals surface area contributed by atoms with E-state index < -0.39 is 0 Å². The summed E-state index contributed by atoms with van der Waals surface area (Å²) in [6, 6.07) is 4.64. The quantitative estimate of drug-likeness (QED) is 0.901. The molecule has 20 heavy (non-hydrogen) atoms. The Hall–Kier alpha value is -0.540. The second-order valence-electron chi connectivity index (χ2n) is 6.55. The molecule has 0 amide bonds. The highest BCUT2D eigenvalue weighted by Crippen LogP contribution is 2.36. The van der Waals surface area contributed by atoms with Crippen LogP contribution in [0.2, 0.25) is 0 Å². The van der Waals surface area contributed by atoms with E-state index in [0.717, 1.165) is 35.6 Å². The number of hydrogen-bond acceptors (Lipinski definition) is 2. The van der Waals surface area contributed by atoms with Crippen LogP contribution in [0.4, 0.5) is 0 Å². The first-order valence-corrected chi connectivity index (χ1v) is 8.62. The van der Waals surface area contributed by atoms with E-state index in [1.165, 1.54) is 36.8 Å². The predicted octanol–water partition coefficient (Wildman–Crippen LogP) is 4.08. The molecule has 1 aromatic rings. The van der Waals surface area contributed by atoms with E-state index in [1.54, 1.807) is 0 Å². The minimum atomic E-state index is 0.264. The van der Waals surface area contributed by atoms with Gasteiger partial charge in [-0.15, -0.1) is 0 Å². The standard InChI is InChI=1S/C17H24BrNO/c1-11-3-2-4-12(7-11)16(19)10-14-9-15(18)8-13-5-6-20-17(13)14/h8-9,11-12,16H,2-7,10,19H2,1H3. The Kier molecular flexibility index (Phi) is 4.37. The maximum atomic E-state index is 6.52. The largest absolute Gasteiger partial charge is 0.493 e. The first kappa shape index (κ1) is 14.4. The van der Waals surface area contributed by atoms with Crippen LogP contribution in [0.15, 0.2) is 16.6 Å². The van der Waals surface area contributed by atoms with Crippen LogP contribution < -0.4 is 10.5 Å². The van der Waals surface area contributed by atoms with E-state index in [0.29, 0.717) is 5.92 Å². The Morgan fingerprint density at radius 1 is 1.40 bits per heavy atom. The molecular formula is C17H24BrNO. The Morgan fingerprint density at radius 3 is 3.05 bits per heavy atom. The summed E-state index contributed by atoms with van der Waals surface area (Å²) in [5, 5.41) is 0. The monoisotopic (exact) mass is 337 g/mol. The van der Waals surface area contributed by atoms with Gasteiger partial charge < -0.3 is 10.5 Å². The molecule has 110 valence electrons. The zero-order valence-electron chi connectivity index (χ0n) is 12.2. The number of hydrogen-bond donors (Lipinski definition) is 1. The van der Waals surface area contributed by atoms with Gasteiger partial charge in [0.05, 0.1) is 6.61 Å². The third-order valence-electron chi connectivity index (χ3n) is 4.86. The molecule has 0 aromatic heterocycles. The molecule has 0 saturated heterocycles. The maximum Gasteiger partial charge on any atom is 0.125 e. The zero-order chi connectivity index (χ0) is 14.1. The fourth-order valence-electron chi connectivity index (χ4n) is 3.79. The second kappa shape index (κ2) is 6.07. The molecule has 1 fully saturated rings. The smallest absolute Gasteiger partial charge is 0.125 e. The first-order valence-electron chi connectivity index (χ1n) is 7.83. The molecule has 1 aliphatic carbocycles.